The Morgan fingerprint density at radius 3 is 2.79 bits per heavy atom. The lowest BCUT2D eigenvalue weighted by Gasteiger charge is -2.12. The fourth-order valence-electron chi connectivity index (χ4n) is 2.89. The summed E-state index contributed by atoms with van der Waals surface area (Å²) in [5, 5.41) is 16.4. The number of aromatic hydroxyl groups is 1. The van der Waals surface area contributed by atoms with Crippen LogP contribution in [-0.4, -0.2) is 21.1 Å². The smallest absolute Gasteiger partial charge is 0.231 e. The second kappa shape index (κ2) is 8.84. The van der Waals surface area contributed by atoms with Crippen LogP contribution in [-0.2, 0) is 4.79 Å². The fourth-order valence-corrected chi connectivity index (χ4v) is 3.12. The number of carbonyl (C=O) groups excluding carboxylic acids is 1. The number of oxazole rings is 1. The predicted octanol–water partition coefficient (Wildman–Crippen LogP) is 4.90. The average Bonchev–Trinajstić information content (AvgIpc) is 3.08. The maximum Gasteiger partial charge on any atom is 0.231 e. The Balaban J connectivity index is 1.78. The zero-order chi connectivity index (χ0) is 20.1. The molecule has 0 bridgehead atoms. The van der Waals surface area contributed by atoms with Crippen molar-refractivity contribution in [2.75, 3.05) is 5.32 Å². The number of aryl methyl sites for hydroxylation is 1. The molecule has 0 saturated carbocycles. The third-order valence-electron chi connectivity index (χ3n) is 4.34. The van der Waals surface area contributed by atoms with Crippen LogP contribution in [0.5, 0.6) is 5.75 Å². The molecule has 0 saturated heterocycles. The third kappa shape index (κ3) is 4.67. The van der Waals surface area contributed by atoms with Gasteiger partial charge in [-0.25, -0.2) is 4.98 Å². The number of phenolic OH excluding ortho intramolecular Hbond substituents is 1. The summed E-state index contributed by atoms with van der Waals surface area (Å²) < 4.78 is 5.77. The molecule has 0 unspecified atom stereocenters. The van der Waals surface area contributed by atoms with E-state index in [1.54, 1.807) is 19.1 Å². The molecule has 0 fully saturated rings. The monoisotopic (exact) mass is 397 g/mol. The summed E-state index contributed by atoms with van der Waals surface area (Å²) in [6.45, 7) is 3.87. The van der Waals surface area contributed by atoms with Gasteiger partial charge in [0.05, 0.1) is 5.56 Å². The highest BCUT2D eigenvalue weighted by molar-refractivity contribution is 7.80. The van der Waals surface area contributed by atoms with Gasteiger partial charge in [0.25, 0.3) is 0 Å². The molecule has 146 valence electrons. The van der Waals surface area contributed by atoms with Crippen LogP contribution in [0.25, 0.3) is 22.6 Å². The highest BCUT2D eigenvalue weighted by Gasteiger charge is 2.16. The van der Waals surface area contributed by atoms with Gasteiger partial charge in [0, 0.05) is 12.1 Å². The summed E-state index contributed by atoms with van der Waals surface area (Å²) in [7, 11) is 0. The van der Waals surface area contributed by atoms with Gasteiger partial charge in [0.2, 0.25) is 11.8 Å². The summed E-state index contributed by atoms with van der Waals surface area (Å²) in [6, 6.07) is 10.8. The normalized spacial score (nSPS) is 10.8. The Kier molecular flexibility index (Phi) is 6.26. The van der Waals surface area contributed by atoms with Gasteiger partial charge in [-0.05, 0) is 55.4 Å². The summed E-state index contributed by atoms with van der Waals surface area (Å²) in [5.41, 5.74) is 3.08. The molecule has 1 heterocycles. The number of hydrogen-bond acceptors (Lipinski definition) is 5. The highest BCUT2D eigenvalue weighted by Crippen LogP contribution is 2.35. The van der Waals surface area contributed by atoms with Crippen molar-refractivity contribution in [2.45, 2.75) is 39.5 Å². The molecule has 3 aromatic rings. The van der Waals surface area contributed by atoms with Crippen molar-refractivity contribution in [2.24, 2.45) is 0 Å². The molecule has 7 heteroatoms. The van der Waals surface area contributed by atoms with E-state index in [2.05, 4.69) is 22.5 Å². The van der Waals surface area contributed by atoms with Crippen molar-refractivity contribution in [1.82, 2.24) is 10.3 Å². The summed E-state index contributed by atoms with van der Waals surface area (Å²) in [6.07, 6.45) is 3.35. The van der Waals surface area contributed by atoms with E-state index in [9.17, 15) is 9.90 Å². The van der Waals surface area contributed by atoms with Crippen LogP contribution in [0.1, 0.15) is 38.2 Å². The van der Waals surface area contributed by atoms with Gasteiger partial charge in [-0.3, -0.25) is 4.79 Å². The highest BCUT2D eigenvalue weighted by atomic mass is 32.1. The van der Waals surface area contributed by atoms with Gasteiger partial charge in [0.15, 0.2) is 10.7 Å². The van der Waals surface area contributed by atoms with Crippen LogP contribution in [0.3, 0.4) is 0 Å². The van der Waals surface area contributed by atoms with Crippen LogP contribution in [0.2, 0.25) is 0 Å². The number of unbranched alkanes of at least 4 members (excludes halogenated alkanes) is 2. The SMILES string of the molecule is CCCCCC(=O)NC(=S)Nc1cc(C)c(O)c(-c2nc3ccccc3o2)c1. The number of nitrogens with one attached hydrogen (secondary N) is 2. The number of rotatable bonds is 6. The molecule has 0 atom stereocenters. The average molecular weight is 398 g/mol. The van der Waals surface area contributed by atoms with Gasteiger partial charge in [0.1, 0.15) is 11.3 Å². The molecule has 0 aliphatic carbocycles. The summed E-state index contributed by atoms with van der Waals surface area (Å²) >= 11 is 5.24. The number of fused-ring (bicyclic) bond motifs is 1. The lowest BCUT2D eigenvalue weighted by molar-refractivity contribution is -0.119. The first-order chi connectivity index (χ1) is 13.5. The van der Waals surface area contributed by atoms with Crippen molar-refractivity contribution >= 4 is 40.0 Å². The van der Waals surface area contributed by atoms with E-state index < -0.39 is 0 Å². The number of nitrogens with zero attached hydrogens (tertiary/aromatic N) is 1. The van der Waals surface area contributed by atoms with E-state index in [4.69, 9.17) is 16.6 Å². The first-order valence-corrected chi connectivity index (χ1v) is 9.69. The van der Waals surface area contributed by atoms with E-state index >= 15 is 0 Å². The molecule has 2 aromatic carbocycles. The first kappa shape index (κ1) is 19.8. The number of para-hydroxylation sites is 2. The molecule has 0 aliphatic rings. The number of aromatic nitrogens is 1. The molecule has 3 rings (SSSR count). The van der Waals surface area contributed by atoms with Crippen molar-refractivity contribution in [3.8, 4) is 17.2 Å². The molecule has 1 aromatic heterocycles. The molecule has 0 spiro atoms. The molecule has 1 amide bonds. The van der Waals surface area contributed by atoms with Crippen LogP contribution in [0.15, 0.2) is 40.8 Å². The van der Waals surface area contributed by atoms with Crippen molar-refractivity contribution < 1.29 is 14.3 Å². The number of benzene rings is 2. The minimum atomic E-state index is -0.111. The van der Waals surface area contributed by atoms with E-state index in [0.29, 0.717) is 40.2 Å². The maximum absolute atomic E-state index is 11.9. The lowest BCUT2D eigenvalue weighted by atomic mass is 10.1. The van der Waals surface area contributed by atoms with Crippen LogP contribution < -0.4 is 10.6 Å². The standard InChI is InChI=1S/C21H23N3O3S/c1-3-4-5-10-18(25)24-21(28)22-14-11-13(2)19(26)15(12-14)20-23-16-8-6-7-9-17(16)27-20/h6-9,11-12,26H,3-5,10H2,1-2H3,(H2,22,24,25,28). The fraction of sp³-hybridized carbons (Fsp3) is 0.286. The zero-order valence-electron chi connectivity index (χ0n) is 15.9. The molecule has 28 heavy (non-hydrogen) atoms. The topological polar surface area (TPSA) is 87.4 Å². The lowest BCUT2D eigenvalue weighted by Crippen LogP contribution is -2.33. The first-order valence-electron chi connectivity index (χ1n) is 9.28. The van der Waals surface area contributed by atoms with Crippen LogP contribution >= 0.6 is 12.2 Å². The molecule has 0 aliphatic heterocycles. The van der Waals surface area contributed by atoms with E-state index in [-0.39, 0.29) is 16.8 Å². The van der Waals surface area contributed by atoms with Crippen LogP contribution in [0.4, 0.5) is 5.69 Å². The summed E-state index contributed by atoms with van der Waals surface area (Å²) in [5.74, 6) is 0.298. The van der Waals surface area contributed by atoms with E-state index in [0.717, 1.165) is 19.3 Å². The van der Waals surface area contributed by atoms with Gasteiger partial charge in [-0.1, -0.05) is 31.9 Å². The van der Waals surface area contributed by atoms with Gasteiger partial charge in [-0.15, -0.1) is 0 Å². The number of carbonyl (C=O) groups is 1. The minimum absolute atomic E-state index is 0.0895. The minimum Gasteiger partial charge on any atom is -0.507 e. The molecule has 3 N–H and O–H groups in total. The van der Waals surface area contributed by atoms with Crippen molar-refractivity contribution in [1.29, 1.82) is 0 Å². The molecular formula is C21H23N3O3S. The van der Waals surface area contributed by atoms with Gasteiger partial charge < -0.3 is 20.2 Å². The zero-order valence-corrected chi connectivity index (χ0v) is 16.7. The Morgan fingerprint density at radius 1 is 1.25 bits per heavy atom. The Labute approximate surface area is 169 Å². The number of anilines is 1. The second-order valence-corrected chi connectivity index (χ2v) is 7.04. The predicted molar refractivity (Wildman–Crippen MR) is 114 cm³/mol. The molecule has 0 radical (unpaired) electrons. The Bertz CT molecular complexity index is 980. The number of hydrogen-bond donors (Lipinski definition) is 3. The van der Waals surface area contributed by atoms with E-state index in [1.807, 2.05) is 24.3 Å². The second-order valence-electron chi connectivity index (χ2n) is 6.64. The van der Waals surface area contributed by atoms with Crippen molar-refractivity contribution in [3.63, 3.8) is 0 Å². The Hall–Kier alpha value is -2.93. The third-order valence-corrected chi connectivity index (χ3v) is 4.55. The Morgan fingerprint density at radius 2 is 2.04 bits per heavy atom. The quantitative estimate of drug-likeness (QED) is 0.311. The number of amides is 1. The summed E-state index contributed by atoms with van der Waals surface area (Å²) in [4.78, 5) is 16.4. The molecular weight excluding hydrogens is 374 g/mol. The number of phenols is 1. The van der Waals surface area contributed by atoms with Gasteiger partial charge >= 0.3 is 0 Å². The molecule has 6 nitrogen and oxygen atoms in total. The van der Waals surface area contributed by atoms with E-state index in [1.165, 1.54) is 0 Å². The van der Waals surface area contributed by atoms with Gasteiger partial charge in [-0.2, -0.15) is 0 Å². The number of thiocarbonyl (C=S) groups is 1. The van der Waals surface area contributed by atoms with Crippen LogP contribution in [0, 0.1) is 6.92 Å². The largest absolute Gasteiger partial charge is 0.507 e. The van der Waals surface area contributed by atoms with Crippen molar-refractivity contribution in [3.05, 3.63) is 42.0 Å². The maximum atomic E-state index is 11.9.